The molecule has 9 rings (SSSR count). The van der Waals surface area contributed by atoms with Gasteiger partial charge in [-0.25, -0.2) is 0 Å². The molecule has 3 aliphatic rings. The Labute approximate surface area is 275 Å². The zero-order valence-electron chi connectivity index (χ0n) is 26.2. The van der Waals surface area contributed by atoms with E-state index < -0.39 is 5.41 Å². The molecule has 0 atom stereocenters. The third kappa shape index (κ3) is 3.93. The van der Waals surface area contributed by atoms with Crippen LogP contribution in [0.5, 0.6) is 23.0 Å². The number of ether oxygens (including phenoxy) is 2. The maximum atomic E-state index is 6.98. The summed E-state index contributed by atoms with van der Waals surface area (Å²) in [6.45, 7) is 6.06. The van der Waals surface area contributed by atoms with Crippen molar-refractivity contribution in [2.75, 3.05) is 4.90 Å². The molecule has 0 radical (unpaired) electrons. The molecular weight excluding hydrogens is 574 g/mol. The molecule has 0 saturated heterocycles. The number of benzene rings is 6. The van der Waals surface area contributed by atoms with E-state index in [-0.39, 0.29) is 0 Å². The highest BCUT2D eigenvalue weighted by molar-refractivity contribution is 5.96. The van der Waals surface area contributed by atoms with Crippen molar-refractivity contribution in [2.45, 2.75) is 25.2 Å². The molecule has 0 unspecified atom stereocenters. The van der Waals surface area contributed by atoms with Gasteiger partial charge in [-0.15, -0.1) is 6.58 Å². The van der Waals surface area contributed by atoms with E-state index in [2.05, 4.69) is 140 Å². The summed E-state index contributed by atoms with van der Waals surface area (Å²) in [5.74, 6) is 2.85. The molecule has 47 heavy (non-hydrogen) atoms. The van der Waals surface area contributed by atoms with E-state index in [9.17, 15) is 0 Å². The van der Waals surface area contributed by atoms with Crippen molar-refractivity contribution in [3.05, 3.63) is 180 Å². The topological polar surface area (TPSA) is 21.7 Å². The normalized spacial score (nSPS) is 14.1. The summed E-state index contributed by atoms with van der Waals surface area (Å²) in [7, 11) is 0. The summed E-state index contributed by atoms with van der Waals surface area (Å²) in [5, 5.41) is 0. The minimum atomic E-state index is -0.447. The van der Waals surface area contributed by atoms with Gasteiger partial charge in [-0.2, -0.15) is 0 Å². The average Bonchev–Trinajstić information content (AvgIpc) is 3.57. The first-order valence-electron chi connectivity index (χ1n) is 16.3. The Bertz CT molecular complexity index is 2200. The Morgan fingerprint density at radius 3 is 1.85 bits per heavy atom. The van der Waals surface area contributed by atoms with Crippen molar-refractivity contribution in [1.29, 1.82) is 0 Å². The molecule has 3 nitrogen and oxygen atoms in total. The van der Waals surface area contributed by atoms with E-state index in [1.165, 1.54) is 44.5 Å². The first kappa shape index (κ1) is 27.5. The van der Waals surface area contributed by atoms with Crippen molar-refractivity contribution in [3.8, 4) is 45.3 Å². The monoisotopic (exact) mass is 607 g/mol. The molecule has 2 aliphatic carbocycles. The van der Waals surface area contributed by atoms with Crippen LogP contribution < -0.4 is 14.4 Å². The maximum Gasteiger partial charge on any atom is 0.194 e. The van der Waals surface area contributed by atoms with Gasteiger partial charge >= 0.3 is 0 Å². The van der Waals surface area contributed by atoms with Gasteiger partial charge in [0.1, 0.15) is 0 Å². The number of anilines is 2. The van der Waals surface area contributed by atoms with Crippen LogP contribution in [0.4, 0.5) is 11.4 Å². The lowest BCUT2D eigenvalue weighted by molar-refractivity contribution is 0.360. The summed E-state index contributed by atoms with van der Waals surface area (Å²) in [4.78, 5) is 2.25. The Kier molecular flexibility index (Phi) is 6.23. The van der Waals surface area contributed by atoms with Gasteiger partial charge in [0, 0.05) is 11.4 Å². The number of allylic oxidation sites excluding steroid dienone is 3. The van der Waals surface area contributed by atoms with Gasteiger partial charge in [-0.3, -0.25) is 0 Å². The highest BCUT2D eigenvalue weighted by Gasteiger charge is 2.52. The molecule has 0 N–H and O–H groups in total. The molecule has 6 aromatic carbocycles. The Morgan fingerprint density at radius 1 is 0.596 bits per heavy atom. The largest absolute Gasteiger partial charge is 0.449 e. The van der Waals surface area contributed by atoms with Crippen LogP contribution in [0, 0.1) is 0 Å². The third-order valence-corrected chi connectivity index (χ3v) is 9.87. The number of unbranched alkanes of at least 4 members (excludes halogenated alkanes) is 1. The quantitative estimate of drug-likeness (QED) is 0.139. The van der Waals surface area contributed by atoms with Crippen molar-refractivity contribution >= 4 is 11.4 Å². The van der Waals surface area contributed by atoms with Crippen LogP contribution in [0.3, 0.4) is 0 Å². The summed E-state index contributed by atoms with van der Waals surface area (Å²) >= 11 is 0. The van der Waals surface area contributed by atoms with Crippen LogP contribution in [-0.4, -0.2) is 0 Å². The lowest BCUT2D eigenvalue weighted by Gasteiger charge is -2.32. The molecule has 0 saturated carbocycles. The van der Waals surface area contributed by atoms with Crippen LogP contribution in [0.25, 0.3) is 22.3 Å². The van der Waals surface area contributed by atoms with E-state index in [4.69, 9.17) is 9.47 Å². The number of rotatable bonds is 6. The fourth-order valence-corrected chi connectivity index (χ4v) is 7.96. The van der Waals surface area contributed by atoms with Gasteiger partial charge in [0.15, 0.2) is 23.0 Å². The second-order valence-electron chi connectivity index (χ2n) is 12.4. The molecule has 0 bridgehead atoms. The van der Waals surface area contributed by atoms with Crippen LogP contribution in [0.2, 0.25) is 0 Å². The number of fused-ring (bicyclic) bond motifs is 12. The first-order chi connectivity index (χ1) is 23.2. The van der Waals surface area contributed by atoms with E-state index in [1.807, 2.05) is 24.3 Å². The summed E-state index contributed by atoms with van der Waals surface area (Å²) in [6.07, 6.45) is 6.04. The fraction of sp³-hybridized carbons (Fsp3) is 0.0909. The zero-order valence-corrected chi connectivity index (χ0v) is 26.2. The lowest BCUT2D eigenvalue weighted by Crippen LogP contribution is -2.26. The van der Waals surface area contributed by atoms with E-state index >= 15 is 0 Å². The molecule has 0 aromatic heterocycles. The van der Waals surface area contributed by atoms with Crippen molar-refractivity contribution in [2.24, 2.45) is 0 Å². The number of hydrogen-bond acceptors (Lipinski definition) is 3. The Hall–Kier alpha value is -5.80. The molecule has 1 aliphatic heterocycles. The second-order valence-corrected chi connectivity index (χ2v) is 12.4. The van der Waals surface area contributed by atoms with Gasteiger partial charge in [0.2, 0.25) is 0 Å². The standard InChI is InChI=1S/C44H33NO2/c1-3-4-6-16-29(2)45(30-17-7-5-8-18-30)39-25-15-26-40-43(39)47-42-28-38-34(27-41(42)46-40)33-21-11-14-24-37(33)44(38)35-22-12-9-19-31(35)32-20-10-13-23-36(32)44/h3,5,7-28H,1,4,6H2,2H3/b29-16+. The van der Waals surface area contributed by atoms with Crippen molar-refractivity contribution in [1.82, 2.24) is 0 Å². The summed E-state index contributed by atoms with van der Waals surface area (Å²) < 4.78 is 13.7. The smallest absolute Gasteiger partial charge is 0.194 e. The molecule has 1 spiro atoms. The molecule has 226 valence electrons. The molecular formula is C44H33NO2. The lowest BCUT2D eigenvalue weighted by atomic mass is 9.70. The van der Waals surface area contributed by atoms with E-state index in [0.717, 1.165) is 41.4 Å². The average molecular weight is 608 g/mol. The van der Waals surface area contributed by atoms with Gasteiger partial charge < -0.3 is 14.4 Å². The molecule has 1 heterocycles. The predicted molar refractivity (Wildman–Crippen MR) is 191 cm³/mol. The van der Waals surface area contributed by atoms with Gasteiger partial charge in [0.05, 0.1) is 11.1 Å². The van der Waals surface area contributed by atoms with E-state index in [1.54, 1.807) is 0 Å². The minimum absolute atomic E-state index is 0.447. The van der Waals surface area contributed by atoms with Gasteiger partial charge in [-0.05, 0) is 101 Å². The van der Waals surface area contributed by atoms with Crippen molar-refractivity contribution < 1.29 is 9.47 Å². The fourth-order valence-electron chi connectivity index (χ4n) is 7.96. The van der Waals surface area contributed by atoms with Crippen LogP contribution >= 0.6 is 0 Å². The minimum Gasteiger partial charge on any atom is -0.449 e. The predicted octanol–water partition coefficient (Wildman–Crippen LogP) is 11.9. The van der Waals surface area contributed by atoms with Crippen molar-refractivity contribution in [3.63, 3.8) is 0 Å². The molecule has 6 aromatic rings. The maximum absolute atomic E-state index is 6.98. The van der Waals surface area contributed by atoms with Gasteiger partial charge in [0.25, 0.3) is 0 Å². The summed E-state index contributed by atoms with van der Waals surface area (Å²) in [6, 6.07) is 47.6. The third-order valence-electron chi connectivity index (χ3n) is 9.87. The SMILES string of the molecule is C=CCC/C=C(\C)N(c1ccccc1)c1cccc2c1Oc1cc3c(cc1O2)-c1ccccc1C31c2ccccc2-c2ccccc21. The number of nitrogens with zero attached hydrogens (tertiary/aromatic N) is 1. The molecule has 0 fully saturated rings. The molecule has 3 heteroatoms. The second kappa shape index (κ2) is 10.6. The zero-order chi connectivity index (χ0) is 31.5. The van der Waals surface area contributed by atoms with E-state index in [0.29, 0.717) is 11.5 Å². The van der Waals surface area contributed by atoms with Crippen LogP contribution in [0.1, 0.15) is 42.0 Å². The highest BCUT2D eigenvalue weighted by Crippen LogP contribution is 2.65. The summed E-state index contributed by atoms with van der Waals surface area (Å²) in [5.41, 5.74) is 12.8. The first-order valence-corrected chi connectivity index (χ1v) is 16.3. The van der Waals surface area contributed by atoms with Crippen LogP contribution in [0.15, 0.2) is 158 Å². The Morgan fingerprint density at radius 2 is 1.19 bits per heavy atom. The van der Waals surface area contributed by atoms with Crippen LogP contribution in [-0.2, 0) is 5.41 Å². The number of hydrogen-bond donors (Lipinski definition) is 0. The Balaban J connectivity index is 1.24. The molecule has 0 amide bonds. The van der Waals surface area contributed by atoms with Gasteiger partial charge in [-0.1, -0.05) is 109 Å². The highest BCUT2D eigenvalue weighted by atomic mass is 16.6. The number of para-hydroxylation sites is 2.